The molecule has 0 saturated heterocycles. The van der Waals surface area contributed by atoms with E-state index in [1.165, 1.54) is 6.42 Å². The predicted octanol–water partition coefficient (Wildman–Crippen LogP) is 2.03. The summed E-state index contributed by atoms with van der Waals surface area (Å²) in [6.07, 6.45) is 5.21. The molecule has 15 heavy (non-hydrogen) atoms. The third-order valence-electron chi connectivity index (χ3n) is 3.20. The van der Waals surface area contributed by atoms with Gasteiger partial charge in [-0.15, -0.1) is 0 Å². The van der Waals surface area contributed by atoms with Crippen molar-refractivity contribution in [3.05, 3.63) is 0 Å². The van der Waals surface area contributed by atoms with Crippen LogP contribution in [0.3, 0.4) is 0 Å². The van der Waals surface area contributed by atoms with E-state index in [2.05, 4.69) is 30.6 Å². The average Bonchev–Trinajstić information content (AvgIpc) is 2.25. The highest BCUT2D eigenvalue weighted by atomic mass is 16.3. The van der Waals surface area contributed by atoms with E-state index < -0.39 is 5.60 Å². The van der Waals surface area contributed by atoms with E-state index >= 15 is 0 Å². The normalized spacial score (nSPS) is 19.7. The summed E-state index contributed by atoms with van der Waals surface area (Å²) in [5.74, 6) is 6.18. The van der Waals surface area contributed by atoms with Crippen LogP contribution >= 0.6 is 0 Å². The lowest BCUT2D eigenvalue weighted by molar-refractivity contribution is 0.0608. The zero-order valence-corrected chi connectivity index (χ0v) is 10.1. The molecule has 0 heterocycles. The van der Waals surface area contributed by atoms with Gasteiger partial charge in [-0.3, -0.25) is 4.90 Å². The van der Waals surface area contributed by atoms with E-state index in [-0.39, 0.29) is 0 Å². The van der Waals surface area contributed by atoms with E-state index in [9.17, 15) is 5.11 Å². The van der Waals surface area contributed by atoms with Gasteiger partial charge in [-0.1, -0.05) is 32.1 Å². The van der Waals surface area contributed by atoms with Crippen molar-refractivity contribution in [3.8, 4) is 11.8 Å². The van der Waals surface area contributed by atoms with Gasteiger partial charge in [0.1, 0.15) is 5.60 Å². The summed E-state index contributed by atoms with van der Waals surface area (Å²) in [4.78, 5) is 2.26. The Labute approximate surface area is 93.7 Å². The molecule has 0 unspecified atom stereocenters. The summed E-state index contributed by atoms with van der Waals surface area (Å²) in [6.45, 7) is 7.13. The molecule has 1 fully saturated rings. The Morgan fingerprint density at radius 3 is 2.27 bits per heavy atom. The van der Waals surface area contributed by atoms with Gasteiger partial charge in [-0.25, -0.2) is 0 Å². The maximum atomic E-state index is 10.1. The maximum absolute atomic E-state index is 10.1. The fourth-order valence-electron chi connectivity index (χ4n) is 2.02. The Morgan fingerprint density at radius 2 is 1.73 bits per heavy atom. The van der Waals surface area contributed by atoms with Crippen molar-refractivity contribution in [2.24, 2.45) is 0 Å². The molecule has 0 spiro atoms. The highest BCUT2D eigenvalue weighted by Gasteiger charge is 2.26. The largest absolute Gasteiger partial charge is 0.378 e. The lowest BCUT2D eigenvalue weighted by Crippen LogP contribution is -2.30. The van der Waals surface area contributed by atoms with Gasteiger partial charge in [0.15, 0.2) is 0 Å². The van der Waals surface area contributed by atoms with Crippen molar-refractivity contribution < 1.29 is 5.11 Å². The standard InChI is InChI=1S/C13H23NO/c1-3-14(4-2)12-8-11-13(15)9-6-5-7-10-13/h15H,3-7,9-10,12H2,1-2H3. The third-order valence-corrected chi connectivity index (χ3v) is 3.20. The summed E-state index contributed by atoms with van der Waals surface area (Å²) in [7, 11) is 0. The second kappa shape index (κ2) is 6.15. The quantitative estimate of drug-likeness (QED) is 0.719. The van der Waals surface area contributed by atoms with E-state index in [1.54, 1.807) is 0 Å². The van der Waals surface area contributed by atoms with Crippen LogP contribution < -0.4 is 0 Å². The summed E-state index contributed by atoms with van der Waals surface area (Å²) >= 11 is 0. The van der Waals surface area contributed by atoms with Gasteiger partial charge in [-0.05, 0) is 38.8 Å². The summed E-state index contributed by atoms with van der Waals surface area (Å²) in [5, 5.41) is 10.1. The van der Waals surface area contributed by atoms with Gasteiger partial charge < -0.3 is 5.11 Å². The molecule has 0 aromatic carbocycles. The first-order chi connectivity index (χ1) is 7.20. The average molecular weight is 209 g/mol. The van der Waals surface area contributed by atoms with Crippen LogP contribution in [0, 0.1) is 11.8 Å². The number of hydrogen-bond acceptors (Lipinski definition) is 2. The van der Waals surface area contributed by atoms with Gasteiger partial charge >= 0.3 is 0 Å². The number of nitrogens with zero attached hydrogens (tertiary/aromatic N) is 1. The Kier molecular flexibility index (Phi) is 5.14. The molecule has 0 atom stereocenters. The first-order valence-corrected chi connectivity index (χ1v) is 6.15. The van der Waals surface area contributed by atoms with Gasteiger partial charge in [0.05, 0.1) is 6.54 Å². The van der Waals surface area contributed by atoms with Crippen LogP contribution in [0.15, 0.2) is 0 Å². The molecule has 0 amide bonds. The summed E-state index contributed by atoms with van der Waals surface area (Å²) in [6, 6.07) is 0. The van der Waals surface area contributed by atoms with Crippen LogP contribution in [0.5, 0.6) is 0 Å². The number of hydrogen-bond donors (Lipinski definition) is 1. The smallest absolute Gasteiger partial charge is 0.125 e. The van der Waals surface area contributed by atoms with Crippen molar-refractivity contribution >= 4 is 0 Å². The second-order valence-electron chi connectivity index (χ2n) is 4.36. The van der Waals surface area contributed by atoms with Crippen LogP contribution in [0.4, 0.5) is 0 Å². The molecule has 2 heteroatoms. The highest BCUT2D eigenvalue weighted by Crippen LogP contribution is 2.26. The van der Waals surface area contributed by atoms with Gasteiger partial charge in [0.25, 0.3) is 0 Å². The topological polar surface area (TPSA) is 23.5 Å². The molecule has 0 aliphatic heterocycles. The molecule has 1 aliphatic carbocycles. The highest BCUT2D eigenvalue weighted by molar-refractivity contribution is 5.15. The molecule has 1 N–H and O–H groups in total. The molecule has 0 bridgehead atoms. The van der Waals surface area contributed by atoms with Crippen molar-refractivity contribution in [3.63, 3.8) is 0 Å². The monoisotopic (exact) mass is 209 g/mol. The SMILES string of the molecule is CCN(CC)CC#CC1(O)CCCCC1. The molecular weight excluding hydrogens is 186 g/mol. The lowest BCUT2D eigenvalue weighted by Gasteiger charge is -2.26. The van der Waals surface area contributed by atoms with E-state index in [0.717, 1.165) is 45.3 Å². The van der Waals surface area contributed by atoms with E-state index in [1.807, 2.05) is 0 Å². The van der Waals surface area contributed by atoms with E-state index in [0.29, 0.717) is 0 Å². The maximum Gasteiger partial charge on any atom is 0.125 e. The summed E-state index contributed by atoms with van der Waals surface area (Å²) < 4.78 is 0. The molecular formula is C13H23NO. The zero-order valence-electron chi connectivity index (χ0n) is 10.1. The molecule has 86 valence electrons. The van der Waals surface area contributed by atoms with Gasteiger partial charge in [0.2, 0.25) is 0 Å². The fraction of sp³-hybridized carbons (Fsp3) is 0.846. The Bertz CT molecular complexity index is 229. The molecule has 0 aromatic heterocycles. The third kappa shape index (κ3) is 4.24. The molecule has 2 nitrogen and oxygen atoms in total. The van der Waals surface area contributed by atoms with E-state index in [4.69, 9.17) is 0 Å². The Hall–Kier alpha value is -0.520. The Balaban J connectivity index is 2.41. The predicted molar refractivity (Wildman–Crippen MR) is 63.6 cm³/mol. The first-order valence-electron chi connectivity index (χ1n) is 6.15. The molecule has 0 radical (unpaired) electrons. The zero-order chi connectivity index (χ0) is 11.1. The van der Waals surface area contributed by atoms with Crippen molar-refractivity contribution in [1.82, 2.24) is 4.90 Å². The second-order valence-corrected chi connectivity index (χ2v) is 4.36. The van der Waals surface area contributed by atoms with Crippen LogP contribution in [-0.4, -0.2) is 35.2 Å². The molecule has 1 rings (SSSR count). The number of aliphatic hydroxyl groups is 1. The van der Waals surface area contributed by atoms with Crippen molar-refractivity contribution in [2.45, 2.75) is 51.6 Å². The minimum atomic E-state index is -0.675. The van der Waals surface area contributed by atoms with Crippen LogP contribution in [0.25, 0.3) is 0 Å². The minimum absolute atomic E-state index is 0.675. The molecule has 1 saturated carbocycles. The Morgan fingerprint density at radius 1 is 1.13 bits per heavy atom. The molecule has 1 aliphatic rings. The van der Waals surface area contributed by atoms with Crippen molar-refractivity contribution in [1.29, 1.82) is 0 Å². The lowest BCUT2D eigenvalue weighted by atomic mass is 9.85. The summed E-state index contributed by atoms with van der Waals surface area (Å²) in [5.41, 5.74) is -0.675. The molecule has 0 aromatic rings. The number of rotatable bonds is 3. The minimum Gasteiger partial charge on any atom is -0.378 e. The van der Waals surface area contributed by atoms with Crippen molar-refractivity contribution in [2.75, 3.05) is 19.6 Å². The van der Waals surface area contributed by atoms with Crippen LogP contribution in [0.1, 0.15) is 46.0 Å². The van der Waals surface area contributed by atoms with Crippen LogP contribution in [0.2, 0.25) is 0 Å². The fourth-order valence-corrected chi connectivity index (χ4v) is 2.02. The van der Waals surface area contributed by atoms with Gasteiger partial charge in [0, 0.05) is 0 Å². The van der Waals surface area contributed by atoms with Gasteiger partial charge in [-0.2, -0.15) is 0 Å². The van der Waals surface area contributed by atoms with Crippen LogP contribution in [-0.2, 0) is 0 Å². The first kappa shape index (κ1) is 12.5.